The largest absolute Gasteiger partial charge is 0.822 e. The Kier molecular flexibility index (Phi) is 11.6. The summed E-state index contributed by atoms with van der Waals surface area (Å²) in [4.78, 5) is 27.8. The Balaban J connectivity index is 0.000000877. The van der Waals surface area contributed by atoms with E-state index in [0.717, 1.165) is 29.8 Å². The van der Waals surface area contributed by atoms with Gasteiger partial charge in [0.25, 0.3) is 0 Å². The average Bonchev–Trinajstić information content (AvgIpc) is 2.83. The number of allylic oxidation sites excluding steroid dienone is 1. The summed E-state index contributed by atoms with van der Waals surface area (Å²) in [7, 11) is -1.30. The van der Waals surface area contributed by atoms with Gasteiger partial charge in [-0.2, -0.15) is 7.82 Å². The van der Waals surface area contributed by atoms with Crippen molar-refractivity contribution < 1.29 is 29.1 Å². The zero-order valence-corrected chi connectivity index (χ0v) is 22.9. The van der Waals surface area contributed by atoms with Gasteiger partial charge in [0.2, 0.25) is 0 Å². The summed E-state index contributed by atoms with van der Waals surface area (Å²) in [6, 6.07) is 24.7. The number of benzene rings is 3. The second kappa shape index (κ2) is 14.1. The maximum atomic E-state index is 9.83. The van der Waals surface area contributed by atoms with Crippen molar-refractivity contribution in [3.05, 3.63) is 95.1 Å². The van der Waals surface area contributed by atoms with Gasteiger partial charge < -0.3 is 34.0 Å². The predicted octanol–water partition coefficient (Wildman–Crippen LogP) is 4.00. The Morgan fingerprint density at radius 3 is 1.76 bits per heavy atom. The smallest absolute Gasteiger partial charge is 0.119 e. The molecule has 0 saturated heterocycles. The number of aromatic hydroxyl groups is 1. The van der Waals surface area contributed by atoms with Crippen molar-refractivity contribution in [3.8, 4) is 11.5 Å². The van der Waals surface area contributed by atoms with E-state index < -0.39 is 7.82 Å². The van der Waals surface area contributed by atoms with Gasteiger partial charge in [-0.25, -0.2) is 0 Å². The van der Waals surface area contributed by atoms with E-state index in [1.807, 2.05) is 38.4 Å². The van der Waals surface area contributed by atoms with Crippen LogP contribution in [0.4, 0.5) is 0 Å². The summed E-state index contributed by atoms with van der Waals surface area (Å²) >= 11 is 0. The van der Waals surface area contributed by atoms with Crippen molar-refractivity contribution in [2.45, 2.75) is 33.1 Å². The second-order valence-corrected chi connectivity index (χ2v) is 10.0. The standard InChI is InChI=1S/C29H35NO2.H3O4P/c1-6-28(23-9-7-22(8-10-23)21(2)3)29(24-11-15-26(31)16-12-24)25-13-17-27(18-14-25)32-20-19-30(4)5;1-5(2,3)4/h7-18,21,31H,6,19-20H2,1-5H3;(H3,1,2,3,4)/p-3/b29-28-;. The van der Waals surface area contributed by atoms with Crippen LogP contribution < -0.4 is 19.4 Å². The third-order valence-electron chi connectivity index (χ3n) is 5.69. The number of rotatable bonds is 9. The predicted molar refractivity (Wildman–Crippen MR) is 143 cm³/mol. The van der Waals surface area contributed by atoms with Gasteiger partial charge in [-0.3, -0.25) is 0 Å². The quantitative estimate of drug-likeness (QED) is 0.332. The minimum Gasteiger partial charge on any atom is -0.822 e. The van der Waals surface area contributed by atoms with Crippen LogP contribution in [0.2, 0.25) is 0 Å². The van der Waals surface area contributed by atoms with Crippen LogP contribution in [0.5, 0.6) is 11.5 Å². The van der Waals surface area contributed by atoms with Gasteiger partial charge in [-0.1, -0.05) is 69.3 Å². The molecule has 0 aliphatic carbocycles. The monoisotopic (exact) mass is 524 g/mol. The fraction of sp³-hybridized carbons (Fsp3) is 0.310. The number of likely N-dealkylation sites (N-methyl/N-ethyl adjacent to an activating group) is 1. The van der Waals surface area contributed by atoms with Gasteiger partial charge >= 0.3 is 0 Å². The summed E-state index contributed by atoms with van der Waals surface area (Å²) in [5.74, 6) is 1.66. The second-order valence-electron chi connectivity index (χ2n) is 9.15. The fourth-order valence-corrected chi connectivity index (χ4v) is 3.80. The zero-order valence-electron chi connectivity index (χ0n) is 22.0. The Labute approximate surface area is 219 Å². The van der Waals surface area contributed by atoms with E-state index in [-0.39, 0.29) is 5.75 Å². The summed E-state index contributed by atoms with van der Waals surface area (Å²) in [5.41, 5.74) is 7.27. The lowest BCUT2D eigenvalue weighted by Crippen LogP contribution is -2.24. The van der Waals surface area contributed by atoms with E-state index in [4.69, 9.17) is 24.0 Å². The van der Waals surface area contributed by atoms with E-state index in [0.29, 0.717) is 12.5 Å². The van der Waals surface area contributed by atoms with Crippen LogP contribution in [0.25, 0.3) is 11.1 Å². The van der Waals surface area contributed by atoms with Crippen LogP contribution in [0, 0.1) is 0 Å². The van der Waals surface area contributed by atoms with E-state index in [1.165, 1.54) is 22.3 Å². The first-order valence-electron chi connectivity index (χ1n) is 12.1. The summed E-state index contributed by atoms with van der Waals surface area (Å²) < 4.78 is 14.4. The lowest BCUT2D eigenvalue weighted by atomic mass is 9.87. The molecule has 8 heteroatoms. The molecular formula is C29H35NO6P-3. The van der Waals surface area contributed by atoms with Gasteiger partial charge in [0.15, 0.2) is 0 Å². The maximum Gasteiger partial charge on any atom is 0.119 e. The molecule has 3 aromatic carbocycles. The molecule has 0 aliphatic rings. The van der Waals surface area contributed by atoms with Gasteiger partial charge in [0.1, 0.15) is 18.1 Å². The molecule has 37 heavy (non-hydrogen) atoms. The molecule has 1 N–H and O–H groups in total. The molecule has 0 fully saturated rings. The average molecular weight is 525 g/mol. The SMILES string of the molecule is CC/C(=C(\c1ccc(O)cc1)c1ccc(OCCN(C)C)cc1)c1ccc(C(C)C)cc1.O=P([O-])([O-])[O-]. The van der Waals surface area contributed by atoms with Crippen molar-refractivity contribution in [1.82, 2.24) is 4.90 Å². The molecule has 0 bridgehead atoms. The molecule has 0 atom stereocenters. The Bertz CT molecular complexity index is 1170. The number of hydrogen-bond donors (Lipinski definition) is 1. The van der Waals surface area contributed by atoms with Crippen LogP contribution in [-0.2, 0) is 4.57 Å². The number of phenols is 1. The lowest BCUT2D eigenvalue weighted by molar-refractivity contribution is -0.432. The van der Waals surface area contributed by atoms with Crippen LogP contribution >= 0.6 is 7.82 Å². The molecule has 0 spiro atoms. The zero-order chi connectivity index (χ0) is 27.6. The molecule has 3 rings (SSSR count). The lowest BCUT2D eigenvalue weighted by Gasteiger charge is -2.36. The highest BCUT2D eigenvalue weighted by Crippen LogP contribution is 2.36. The number of nitrogens with zero attached hydrogens (tertiary/aromatic N) is 1. The molecule has 0 unspecified atom stereocenters. The number of phenolic OH excluding ortho intramolecular Hbond substituents is 1. The summed E-state index contributed by atoms with van der Waals surface area (Å²) in [6.07, 6.45) is 0.901. The molecule has 7 nitrogen and oxygen atoms in total. The maximum absolute atomic E-state index is 9.83. The van der Waals surface area contributed by atoms with Gasteiger partial charge in [-0.05, 0) is 84.1 Å². The Morgan fingerprint density at radius 2 is 1.32 bits per heavy atom. The summed E-state index contributed by atoms with van der Waals surface area (Å²) in [5, 5.41) is 9.83. The third-order valence-corrected chi connectivity index (χ3v) is 5.69. The first-order chi connectivity index (χ1) is 17.4. The minimum atomic E-state index is -5.39. The van der Waals surface area contributed by atoms with E-state index >= 15 is 0 Å². The first kappa shape index (κ1) is 30.3. The molecule has 0 saturated carbocycles. The van der Waals surface area contributed by atoms with E-state index in [9.17, 15) is 5.11 Å². The molecule has 0 radical (unpaired) electrons. The molecule has 0 aromatic heterocycles. The number of ether oxygens (including phenoxy) is 1. The van der Waals surface area contributed by atoms with Crippen LogP contribution in [-0.4, -0.2) is 37.3 Å². The van der Waals surface area contributed by atoms with Crippen LogP contribution in [0.3, 0.4) is 0 Å². The van der Waals surface area contributed by atoms with Crippen molar-refractivity contribution in [1.29, 1.82) is 0 Å². The van der Waals surface area contributed by atoms with Crippen molar-refractivity contribution in [2.75, 3.05) is 27.2 Å². The van der Waals surface area contributed by atoms with Crippen molar-refractivity contribution in [3.63, 3.8) is 0 Å². The van der Waals surface area contributed by atoms with Gasteiger partial charge in [0, 0.05) is 6.54 Å². The van der Waals surface area contributed by atoms with Crippen molar-refractivity contribution in [2.24, 2.45) is 0 Å². The highest BCUT2D eigenvalue weighted by atomic mass is 31.2. The minimum absolute atomic E-state index is 0.275. The van der Waals surface area contributed by atoms with Crippen LogP contribution in [0.1, 0.15) is 55.4 Å². The number of hydrogen-bond acceptors (Lipinski definition) is 7. The Hall–Kier alpha value is -2.93. The molecule has 0 aliphatic heterocycles. The summed E-state index contributed by atoms with van der Waals surface area (Å²) in [6.45, 7) is 8.18. The molecular weight excluding hydrogens is 489 g/mol. The topological polar surface area (TPSA) is 119 Å². The first-order valence-corrected chi connectivity index (χ1v) is 13.6. The Morgan fingerprint density at radius 1 is 0.865 bits per heavy atom. The van der Waals surface area contributed by atoms with Crippen LogP contribution in [0.15, 0.2) is 72.8 Å². The molecule has 0 heterocycles. The fourth-order valence-electron chi connectivity index (χ4n) is 3.80. The van der Waals surface area contributed by atoms with E-state index in [1.54, 1.807) is 12.1 Å². The van der Waals surface area contributed by atoms with Gasteiger partial charge in [-0.15, -0.1) is 0 Å². The van der Waals surface area contributed by atoms with Gasteiger partial charge in [0.05, 0.1) is 0 Å². The highest BCUT2D eigenvalue weighted by molar-refractivity contribution is 7.40. The molecule has 200 valence electrons. The van der Waals surface area contributed by atoms with Crippen molar-refractivity contribution >= 4 is 19.0 Å². The molecule has 0 amide bonds. The normalized spacial score (nSPS) is 12.2. The van der Waals surface area contributed by atoms with E-state index in [2.05, 4.69) is 62.1 Å². The third kappa shape index (κ3) is 10.5. The number of phosphoric acid groups is 1. The molecule has 3 aromatic rings. The highest BCUT2D eigenvalue weighted by Gasteiger charge is 2.14.